The molecule has 2 N–H and O–H groups in total. The number of nitrogens with zero attached hydrogens (tertiary/aromatic N) is 1. The first-order chi connectivity index (χ1) is 11.2. The van der Waals surface area contributed by atoms with Crippen molar-refractivity contribution in [3.63, 3.8) is 0 Å². The van der Waals surface area contributed by atoms with Gasteiger partial charge in [-0.05, 0) is 51.1 Å². The van der Waals surface area contributed by atoms with Gasteiger partial charge in [0.15, 0.2) is 0 Å². The summed E-state index contributed by atoms with van der Waals surface area (Å²) >= 11 is 11.9. The lowest BCUT2D eigenvalue weighted by atomic mass is 10.1. The molecule has 0 aliphatic carbocycles. The van der Waals surface area contributed by atoms with Crippen molar-refractivity contribution in [2.45, 2.75) is 26.3 Å². The summed E-state index contributed by atoms with van der Waals surface area (Å²) in [7, 11) is 0. The molecule has 1 aromatic heterocycles. The van der Waals surface area contributed by atoms with Crippen molar-refractivity contribution in [2.75, 3.05) is 5.32 Å². The van der Waals surface area contributed by atoms with Crippen LogP contribution >= 0.6 is 23.2 Å². The van der Waals surface area contributed by atoms with Crippen molar-refractivity contribution in [2.24, 2.45) is 0 Å². The third kappa shape index (κ3) is 4.94. The minimum absolute atomic E-state index is 0.166. The van der Waals surface area contributed by atoms with Crippen LogP contribution < -0.4 is 10.6 Å². The quantitative estimate of drug-likeness (QED) is 0.857. The number of nitrogens with one attached hydrogen (secondary N) is 2. The molecule has 0 unspecified atom stereocenters. The molecule has 126 valence electrons. The number of carbonyl (C=O) groups excluding carboxylic acids is 2. The Morgan fingerprint density at radius 3 is 2.38 bits per heavy atom. The molecular weight excluding hydrogens is 349 g/mol. The molecule has 24 heavy (non-hydrogen) atoms. The molecule has 0 atom stereocenters. The molecule has 7 heteroatoms. The Hall–Kier alpha value is -2.11. The largest absolute Gasteiger partial charge is 0.346 e. The summed E-state index contributed by atoms with van der Waals surface area (Å²) in [5, 5.41) is 6.28. The SMILES string of the molecule is CC(C)(C)NC(=O)c1cc(C(=O)Nc2ccc(Cl)cc2Cl)ccn1. The van der Waals surface area contributed by atoms with Crippen LogP contribution in [0.15, 0.2) is 36.5 Å². The number of pyridine rings is 1. The summed E-state index contributed by atoms with van der Waals surface area (Å²) in [5.74, 6) is -0.742. The van der Waals surface area contributed by atoms with Crippen molar-refractivity contribution >= 4 is 40.7 Å². The van der Waals surface area contributed by atoms with Gasteiger partial charge in [0.1, 0.15) is 5.69 Å². The molecule has 2 amide bonds. The molecule has 1 aromatic carbocycles. The lowest BCUT2D eigenvalue weighted by Crippen LogP contribution is -2.41. The molecule has 1 heterocycles. The van der Waals surface area contributed by atoms with Gasteiger partial charge in [-0.3, -0.25) is 14.6 Å². The zero-order valence-electron chi connectivity index (χ0n) is 13.5. The van der Waals surface area contributed by atoms with Crippen molar-refractivity contribution in [3.05, 3.63) is 57.8 Å². The van der Waals surface area contributed by atoms with E-state index in [9.17, 15) is 9.59 Å². The van der Waals surface area contributed by atoms with Crippen LogP contribution in [0.3, 0.4) is 0 Å². The molecule has 2 rings (SSSR count). The highest BCUT2D eigenvalue weighted by Gasteiger charge is 2.18. The number of carbonyl (C=O) groups is 2. The minimum Gasteiger partial charge on any atom is -0.346 e. The first-order valence-electron chi connectivity index (χ1n) is 7.21. The van der Waals surface area contributed by atoms with Crippen LogP contribution in [-0.4, -0.2) is 22.3 Å². The highest BCUT2D eigenvalue weighted by Crippen LogP contribution is 2.25. The van der Waals surface area contributed by atoms with E-state index in [4.69, 9.17) is 23.2 Å². The highest BCUT2D eigenvalue weighted by molar-refractivity contribution is 6.36. The predicted octanol–water partition coefficient (Wildman–Crippen LogP) is 4.17. The van der Waals surface area contributed by atoms with Gasteiger partial charge in [-0.2, -0.15) is 0 Å². The minimum atomic E-state index is -0.397. The van der Waals surface area contributed by atoms with Gasteiger partial charge in [0.2, 0.25) is 0 Å². The van der Waals surface area contributed by atoms with Crippen LogP contribution in [0.5, 0.6) is 0 Å². The van der Waals surface area contributed by atoms with Crippen molar-refractivity contribution in [1.29, 1.82) is 0 Å². The Morgan fingerprint density at radius 1 is 1.04 bits per heavy atom. The normalized spacial score (nSPS) is 11.0. The van der Waals surface area contributed by atoms with Gasteiger partial charge in [0.25, 0.3) is 11.8 Å². The molecule has 0 fully saturated rings. The average molecular weight is 366 g/mol. The Kier molecular flexibility index (Phi) is 5.47. The lowest BCUT2D eigenvalue weighted by molar-refractivity contribution is 0.0914. The van der Waals surface area contributed by atoms with Crippen LogP contribution in [0, 0.1) is 0 Å². The standard InChI is InChI=1S/C17H17Cl2N3O2/c1-17(2,3)22-16(24)14-8-10(6-7-20-14)15(23)21-13-5-4-11(18)9-12(13)19/h4-9H,1-3H3,(H,21,23)(H,22,24). The van der Waals surface area contributed by atoms with Crippen LogP contribution in [0.4, 0.5) is 5.69 Å². The van der Waals surface area contributed by atoms with Gasteiger partial charge in [0.05, 0.1) is 10.7 Å². The van der Waals surface area contributed by atoms with Crippen molar-refractivity contribution in [1.82, 2.24) is 10.3 Å². The van der Waals surface area contributed by atoms with Crippen molar-refractivity contribution < 1.29 is 9.59 Å². The second kappa shape index (κ2) is 7.20. The van der Waals surface area contributed by atoms with Crippen molar-refractivity contribution in [3.8, 4) is 0 Å². The molecule has 0 aliphatic rings. The number of anilines is 1. The van der Waals surface area contributed by atoms with Gasteiger partial charge in [-0.1, -0.05) is 23.2 Å². The average Bonchev–Trinajstić information content (AvgIpc) is 2.48. The summed E-state index contributed by atoms with van der Waals surface area (Å²) in [6.07, 6.45) is 1.41. The molecule has 0 saturated heterocycles. The number of halogens is 2. The number of rotatable bonds is 3. The second-order valence-electron chi connectivity index (χ2n) is 6.21. The van der Waals surface area contributed by atoms with E-state index in [0.717, 1.165) is 0 Å². The number of hydrogen-bond donors (Lipinski definition) is 2. The van der Waals surface area contributed by atoms with Gasteiger partial charge < -0.3 is 10.6 Å². The molecular formula is C17H17Cl2N3O2. The van der Waals surface area contributed by atoms with Crippen LogP contribution in [0.25, 0.3) is 0 Å². The van der Waals surface area contributed by atoms with Gasteiger partial charge in [0, 0.05) is 22.3 Å². The predicted molar refractivity (Wildman–Crippen MR) is 95.9 cm³/mol. The molecule has 0 spiro atoms. The van der Waals surface area contributed by atoms with E-state index < -0.39 is 11.4 Å². The zero-order chi connectivity index (χ0) is 17.9. The van der Waals surface area contributed by atoms with E-state index in [1.54, 1.807) is 12.1 Å². The van der Waals surface area contributed by atoms with Crippen LogP contribution in [-0.2, 0) is 0 Å². The maximum Gasteiger partial charge on any atom is 0.270 e. The van der Waals surface area contributed by atoms with E-state index in [-0.39, 0.29) is 11.6 Å². The van der Waals surface area contributed by atoms with Gasteiger partial charge >= 0.3 is 0 Å². The van der Waals surface area contributed by atoms with E-state index >= 15 is 0 Å². The lowest BCUT2D eigenvalue weighted by Gasteiger charge is -2.20. The third-order valence-electron chi connectivity index (χ3n) is 2.92. The Labute approximate surface area is 150 Å². The summed E-state index contributed by atoms with van der Waals surface area (Å²) in [5.41, 5.74) is 0.506. The van der Waals surface area contributed by atoms with E-state index in [1.165, 1.54) is 24.4 Å². The Balaban J connectivity index is 2.18. The number of aromatic nitrogens is 1. The third-order valence-corrected chi connectivity index (χ3v) is 3.47. The smallest absolute Gasteiger partial charge is 0.270 e. The fourth-order valence-corrected chi connectivity index (χ4v) is 2.34. The summed E-state index contributed by atoms with van der Waals surface area (Å²) in [6.45, 7) is 5.60. The summed E-state index contributed by atoms with van der Waals surface area (Å²) in [6, 6.07) is 7.72. The Bertz CT molecular complexity index is 786. The molecule has 0 aliphatic heterocycles. The second-order valence-corrected chi connectivity index (χ2v) is 7.06. The fourth-order valence-electron chi connectivity index (χ4n) is 1.89. The Morgan fingerprint density at radius 2 is 1.75 bits per heavy atom. The number of hydrogen-bond acceptors (Lipinski definition) is 3. The molecule has 5 nitrogen and oxygen atoms in total. The molecule has 0 radical (unpaired) electrons. The topological polar surface area (TPSA) is 71.1 Å². The monoisotopic (exact) mass is 365 g/mol. The summed E-state index contributed by atoms with van der Waals surface area (Å²) in [4.78, 5) is 28.5. The molecule has 0 saturated carbocycles. The zero-order valence-corrected chi connectivity index (χ0v) is 15.0. The van der Waals surface area contributed by atoms with Crippen LogP contribution in [0.2, 0.25) is 10.0 Å². The first kappa shape index (κ1) is 18.2. The fraction of sp³-hybridized carbons (Fsp3) is 0.235. The van der Waals surface area contributed by atoms with Crippen LogP contribution in [0.1, 0.15) is 41.6 Å². The first-order valence-corrected chi connectivity index (χ1v) is 7.96. The maximum absolute atomic E-state index is 12.3. The van der Waals surface area contributed by atoms with E-state index in [1.807, 2.05) is 20.8 Å². The van der Waals surface area contributed by atoms with E-state index in [0.29, 0.717) is 21.3 Å². The van der Waals surface area contributed by atoms with Gasteiger partial charge in [-0.25, -0.2) is 0 Å². The highest BCUT2D eigenvalue weighted by atomic mass is 35.5. The summed E-state index contributed by atoms with van der Waals surface area (Å²) < 4.78 is 0. The maximum atomic E-state index is 12.3. The molecule has 0 bridgehead atoms. The van der Waals surface area contributed by atoms with E-state index in [2.05, 4.69) is 15.6 Å². The number of benzene rings is 1. The number of amides is 2. The molecule has 2 aromatic rings. The van der Waals surface area contributed by atoms with Gasteiger partial charge in [-0.15, -0.1) is 0 Å².